The summed E-state index contributed by atoms with van der Waals surface area (Å²) in [6.45, 7) is 0.364. The molecule has 0 radical (unpaired) electrons. The Hall–Kier alpha value is -2.11. The number of ether oxygens (including phenoxy) is 1. The van der Waals surface area contributed by atoms with Crippen LogP contribution in [0.3, 0.4) is 0 Å². The lowest BCUT2D eigenvalue weighted by Crippen LogP contribution is -2.34. The Morgan fingerprint density at radius 1 is 1.40 bits per heavy atom. The van der Waals surface area contributed by atoms with E-state index in [1.54, 1.807) is 6.07 Å². The summed E-state index contributed by atoms with van der Waals surface area (Å²) in [5, 5.41) is 8.36. The van der Waals surface area contributed by atoms with E-state index in [2.05, 4.69) is 15.8 Å². The number of rotatable bonds is 2. The van der Waals surface area contributed by atoms with Gasteiger partial charge in [-0.05, 0) is 11.2 Å². The topological polar surface area (TPSA) is 79.8 Å². The molecule has 1 aliphatic heterocycles. The number of benzene rings is 1. The zero-order valence-corrected chi connectivity index (χ0v) is 8.03. The van der Waals surface area contributed by atoms with Crippen LogP contribution in [0.2, 0.25) is 0 Å². The highest BCUT2D eigenvalue weighted by atomic mass is 16.5. The molecule has 6 nitrogen and oxygen atoms in total. The number of hydrogen-bond donors (Lipinski definition) is 2. The zero-order chi connectivity index (χ0) is 10.8. The smallest absolute Gasteiger partial charge is 0.254 e. The summed E-state index contributed by atoms with van der Waals surface area (Å²) in [5.74, 6) is 0.127. The molecule has 6 heteroatoms. The van der Waals surface area contributed by atoms with Gasteiger partial charge < -0.3 is 15.4 Å². The molecule has 0 atom stereocenters. The standard InChI is InChI=1S/C9H9N3O3/c1-15-8-3-6-5(2-7(8)12-14)9(13)11-4-10-6/h2-3,10H,4H2,1H3,(H,11,13). The molecule has 0 unspecified atom stereocenters. The number of carbonyl (C=O) groups excluding carboxylic acids is 1. The number of carbonyl (C=O) groups is 1. The van der Waals surface area contributed by atoms with Crippen LogP contribution in [-0.2, 0) is 0 Å². The summed E-state index contributed by atoms with van der Waals surface area (Å²) in [4.78, 5) is 21.9. The van der Waals surface area contributed by atoms with Crippen LogP contribution in [0.25, 0.3) is 0 Å². The largest absolute Gasteiger partial charge is 0.494 e. The molecule has 0 spiro atoms. The fourth-order valence-corrected chi connectivity index (χ4v) is 1.45. The van der Waals surface area contributed by atoms with Crippen LogP contribution in [0.15, 0.2) is 17.3 Å². The number of fused-ring (bicyclic) bond motifs is 1. The number of amides is 1. The molecule has 1 aromatic carbocycles. The van der Waals surface area contributed by atoms with Crippen molar-refractivity contribution >= 4 is 17.3 Å². The van der Waals surface area contributed by atoms with Gasteiger partial charge in [-0.2, -0.15) is 0 Å². The van der Waals surface area contributed by atoms with E-state index in [1.807, 2.05) is 0 Å². The van der Waals surface area contributed by atoms with Crippen molar-refractivity contribution in [3.05, 3.63) is 22.6 Å². The van der Waals surface area contributed by atoms with E-state index in [-0.39, 0.29) is 11.6 Å². The molecule has 0 saturated heterocycles. The van der Waals surface area contributed by atoms with Gasteiger partial charge >= 0.3 is 0 Å². The fourth-order valence-electron chi connectivity index (χ4n) is 1.45. The van der Waals surface area contributed by atoms with Crippen molar-refractivity contribution in [1.82, 2.24) is 5.32 Å². The number of nitrogens with zero attached hydrogens (tertiary/aromatic N) is 1. The van der Waals surface area contributed by atoms with Gasteiger partial charge in [-0.25, -0.2) is 0 Å². The Bertz CT molecular complexity index is 431. The summed E-state index contributed by atoms with van der Waals surface area (Å²) < 4.78 is 4.97. The van der Waals surface area contributed by atoms with Crippen molar-refractivity contribution in [1.29, 1.82) is 0 Å². The summed E-state index contributed by atoms with van der Waals surface area (Å²) in [5.41, 5.74) is 1.16. The average Bonchev–Trinajstić information content (AvgIpc) is 2.28. The quantitative estimate of drug-likeness (QED) is 0.714. The summed E-state index contributed by atoms with van der Waals surface area (Å²) >= 11 is 0. The SMILES string of the molecule is COc1cc2c(cc1N=O)C(=O)NCN2. The minimum absolute atomic E-state index is 0.120. The third kappa shape index (κ3) is 1.50. The second-order valence-corrected chi connectivity index (χ2v) is 3.02. The minimum atomic E-state index is -0.226. The lowest BCUT2D eigenvalue weighted by molar-refractivity contribution is 0.0953. The van der Waals surface area contributed by atoms with E-state index in [9.17, 15) is 9.70 Å². The van der Waals surface area contributed by atoms with E-state index in [0.717, 1.165) is 0 Å². The highest BCUT2D eigenvalue weighted by molar-refractivity contribution is 6.02. The first-order chi connectivity index (χ1) is 7.26. The molecule has 78 valence electrons. The van der Waals surface area contributed by atoms with Gasteiger partial charge in [-0.1, -0.05) is 0 Å². The number of nitrogens with one attached hydrogen (secondary N) is 2. The van der Waals surface area contributed by atoms with Crippen LogP contribution in [0.1, 0.15) is 10.4 Å². The lowest BCUT2D eigenvalue weighted by atomic mass is 10.1. The van der Waals surface area contributed by atoms with Crippen molar-refractivity contribution in [2.45, 2.75) is 0 Å². The number of hydrogen-bond acceptors (Lipinski definition) is 5. The molecule has 0 fully saturated rings. The first kappa shape index (κ1) is 9.45. The third-order valence-corrected chi connectivity index (χ3v) is 2.19. The number of methoxy groups -OCH3 is 1. The van der Waals surface area contributed by atoms with Crippen LogP contribution < -0.4 is 15.4 Å². The van der Waals surface area contributed by atoms with E-state index in [4.69, 9.17) is 4.74 Å². The monoisotopic (exact) mass is 207 g/mol. The summed E-state index contributed by atoms with van der Waals surface area (Å²) in [6.07, 6.45) is 0. The average molecular weight is 207 g/mol. The van der Waals surface area contributed by atoms with E-state index in [0.29, 0.717) is 23.7 Å². The molecule has 15 heavy (non-hydrogen) atoms. The molecule has 1 aliphatic rings. The zero-order valence-electron chi connectivity index (χ0n) is 8.03. The van der Waals surface area contributed by atoms with Gasteiger partial charge in [0.05, 0.1) is 25.0 Å². The second kappa shape index (κ2) is 3.56. The Morgan fingerprint density at radius 2 is 2.20 bits per heavy atom. The Labute approximate surface area is 85.6 Å². The van der Waals surface area contributed by atoms with Crippen LogP contribution in [0.5, 0.6) is 5.75 Å². The van der Waals surface area contributed by atoms with Crippen LogP contribution >= 0.6 is 0 Å². The Balaban J connectivity index is 2.58. The normalized spacial score (nSPS) is 13.5. The maximum absolute atomic E-state index is 11.4. The summed E-state index contributed by atoms with van der Waals surface area (Å²) in [7, 11) is 1.44. The predicted molar refractivity (Wildman–Crippen MR) is 54.4 cm³/mol. The van der Waals surface area contributed by atoms with Crippen LogP contribution in [0, 0.1) is 4.91 Å². The molecule has 0 saturated carbocycles. The van der Waals surface area contributed by atoms with Gasteiger partial charge in [0.2, 0.25) is 0 Å². The second-order valence-electron chi connectivity index (χ2n) is 3.02. The fraction of sp³-hybridized carbons (Fsp3) is 0.222. The maximum atomic E-state index is 11.4. The van der Waals surface area contributed by atoms with Crippen LogP contribution in [0.4, 0.5) is 11.4 Å². The van der Waals surface area contributed by atoms with Gasteiger partial charge in [0.15, 0.2) is 5.69 Å². The molecule has 1 amide bonds. The van der Waals surface area contributed by atoms with E-state index in [1.165, 1.54) is 13.2 Å². The maximum Gasteiger partial charge on any atom is 0.254 e. The molecule has 0 aliphatic carbocycles. The number of anilines is 1. The predicted octanol–water partition coefficient (Wildman–Crippen LogP) is 1.21. The minimum Gasteiger partial charge on any atom is -0.494 e. The Kier molecular flexibility index (Phi) is 2.24. The Morgan fingerprint density at radius 3 is 2.87 bits per heavy atom. The highest BCUT2D eigenvalue weighted by Gasteiger charge is 2.19. The number of nitroso groups, excluding NO2 is 1. The van der Waals surface area contributed by atoms with Crippen LogP contribution in [-0.4, -0.2) is 19.7 Å². The molecule has 1 heterocycles. The first-order valence-electron chi connectivity index (χ1n) is 4.33. The molecule has 1 aromatic rings. The molecule has 2 N–H and O–H groups in total. The lowest BCUT2D eigenvalue weighted by Gasteiger charge is -2.19. The third-order valence-electron chi connectivity index (χ3n) is 2.19. The van der Waals surface area contributed by atoms with Gasteiger partial charge in [0.25, 0.3) is 5.91 Å². The first-order valence-corrected chi connectivity index (χ1v) is 4.33. The van der Waals surface area contributed by atoms with Crippen molar-refractivity contribution in [2.24, 2.45) is 5.18 Å². The summed E-state index contributed by atoms with van der Waals surface area (Å²) in [6, 6.07) is 2.99. The molecular weight excluding hydrogens is 198 g/mol. The van der Waals surface area contributed by atoms with Crippen molar-refractivity contribution < 1.29 is 9.53 Å². The van der Waals surface area contributed by atoms with Gasteiger partial charge in [-0.3, -0.25) is 4.79 Å². The van der Waals surface area contributed by atoms with Crippen molar-refractivity contribution in [3.63, 3.8) is 0 Å². The van der Waals surface area contributed by atoms with E-state index >= 15 is 0 Å². The van der Waals surface area contributed by atoms with Crippen molar-refractivity contribution in [3.8, 4) is 5.75 Å². The molecule has 0 aromatic heterocycles. The molecular formula is C9H9N3O3. The van der Waals surface area contributed by atoms with Gasteiger partial charge in [-0.15, -0.1) is 4.91 Å². The van der Waals surface area contributed by atoms with E-state index < -0.39 is 0 Å². The van der Waals surface area contributed by atoms with Gasteiger partial charge in [0, 0.05) is 6.07 Å². The van der Waals surface area contributed by atoms with Gasteiger partial charge in [0.1, 0.15) is 5.75 Å². The van der Waals surface area contributed by atoms with Crippen molar-refractivity contribution in [2.75, 3.05) is 19.1 Å². The molecule has 0 bridgehead atoms. The molecule has 2 rings (SSSR count). The highest BCUT2D eigenvalue weighted by Crippen LogP contribution is 2.34.